The summed E-state index contributed by atoms with van der Waals surface area (Å²) in [5, 5.41) is 3.86. The lowest BCUT2D eigenvalue weighted by molar-refractivity contribution is -0.116. The molecule has 5 heteroatoms. The van der Waals surface area contributed by atoms with Gasteiger partial charge in [0.1, 0.15) is 12.3 Å². The molecule has 1 amide bonds. The molecule has 0 radical (unpaired) electrons. The van der Waals surface area contributed by atoms with E-state index >= 15 is 0 Å². The van der Waals surface area contributed by atoms with E-state index in [0.717, 1.165) is 28.6 Å². The van der Waals surface area contributed by atoms with Gasteiger partial charge in [-0.25, -0.2) is 0 Å². The number of aryl methyl sites for hydroxylation is 5. The molecule has 4 aromatic rings. The fraction of sp³-hybridized carbons (Fsp3) is 0.241. The lowest BCUT2D eigenvalue weighted by atomic mass is 10.0. The minimum absolute atomic E-state index is 0.0752. The fourth-order valence-electron chi connectivity index (χ4n) is 4.20. The van der Waals surface area contributed by atoms with Crippen LogP contribution in [0.4, 0.5) is 5.69 Å². The molecule has 174 valence electrons. The summed E-state index contributed by atoms with van der Waals surface area (Å²) in [5.41, 5.74) is 6.48. The molecule has 1 N–H and O–H groups in total. The number of carbonyl (C=O) groups excluding carboxylic acids is 1. The molecular formula is C29H30N2O3. The van der Waals surface area contributed by atoms with E-state index in [4.69, 9.17) is 4.74 Å². The minimum atomic E-state index is -0.242. The highest BCUT2D eigenvalue weighted by Crippen LogP contribution is 2.22. The van der Waals surface area contributed by atoms with Gasteiger partial charge >= 0.3 is 0 Å². The fourth-order valence-corrected chi connectivity index (χ4v) is 4.20. The Hall–Kier alpha value is -3.86. The van der Waals surface area contributed by atoms with Gasteiger partial charge in [0.15, 0.2) is 0 Å². The summed E-state index contributed by atoms with van der Waals surface area (Å²) in [5.74, 6) is 0.400. The predicted molar refractivity (Wildman–Crippen MR) is 138 cm³/mol. The Bertz CT molecular complexity index is 1400. The molecule has 0 unspecified atom stereocenters. The van der Waals surface area contributed by atoms with Crippen molar-refractivity contribution in [1.29, 1.82) is 0 Å². The number of nitrogens with one attached hydrogen (secondary N) is 1. The summed E-state index contributed by atoms with van der Waals surface area (Å²) >= 11 is 0. The average Bonchev–Trinajstić information content (AvgIpc) is 2.82. The molecule has 0 atom stereocenters. The van der Waals surface area contributed by atoms with Crippen molar-refractivity contribution in [3.8, 4) is 5.75 Å². The number of hydrogen-bond acceptors (Lipinski definition) is 3. The number of fused-ring (bicyclic) bond motifs is 1. The molecule has 0 spiro atoms. The van der Waals surface area contributed by atoms with Crippen molar-refractivity contribution in [2.24, 2.45) is 0 Å². The second-order valence-corrected chi connectivity index (χ2v) is 8.84. The topological polar surface area (TPSA) is 60.3 Å². The van der Waals surface area contributed by atoms with Crippen LogP contribution in [0.1, 0.15) is 27.8 Å². The van der Waals surface area contributed by atoms with Gasteiger partial charge in [-0.3, -0.25) is 14.2 Å². The quantitative estimate of drug-likeness (QED) is 0.409. The molecule has 0 aliphatic rings. The maximum Gasteiger partial charge on any atom is 0.254 e. The normalized spacial score (nSPS) is 10.9. The zero-order valence-electron chi connectivity index (χ0n) is 20.1. The first-order valence-electron chi connectivity index (χ1n) is 11.5. The second-order valence-electron chi connectivity index (χ2n) is 8.84. The van der Waals surface area contributed by atoms with Crippen LogP contribution in [0.3, 0.4) is 0 Å². The van der Waals surface area contributed by atoms with Crippen LogP contribution in [0.15, 0.2) is 71.5 Å². The van der Waals surface area contributed by atoms with E-state index in [9.17, 15) is 9.59 Å². The SMILES string of the molecule is COc1ccc2cc(CCc3ccc(C)cc3)c(=O)n(CC(=O)Nc3ccc(C)cc3C)c2c1. The molecule has 1 aromatic heterocycles. The number of nitrogens with zero attached hydrogens (tertiary/aromatic N) is 1. The first-order chi connectivity index (χ1) is 16.3. The van der Waals surface area contributed by atoms with E-state index in [1.54, 1.807) is 11.7 Å². The average molecular weight is 455 g/mol. The molecule has 4 rings (SSSR count). The van der Waals surface area contributed by atoms with Crippen molar-refractivity contribution in [1.82, 2.24) is 4.57 Å². The molecule has 1 heterocycles. The number of anilines is 1. The molecule has 0 aliphatic heterocycles. The van der Waals surface area contributed by atoms with Crippen molar-refractivity contribution in [3.05, 3.63) is 105 Å². The Kier molecular flexibility index (Phi) is 6.82. The third-order valence-electron chi connectivity index (χ3n) is 6.14. The van der Waals surface area contributed by atoms with Crippen molar-refractivity contribution < 1.29 is 9.53 Å². The van der Waals surface area contributed by atoms with Crippen LogP contribution in [0.5, 0.6) is 5.75 Å². The smallest absolute Gasteiger partial charge is 0.254 e. The van der Waals surface area contributed by atoms with E-state index < -0.39 is 0 Å². The number of amides is 1. The first-order valence-corrected chi connectivity index (χ1v) is 11.5. The third-order valence-corrected chi connectivity index (χ3v) is 6.14. The zero-order chi connectivity index (χ0) is 24.2. The van der Waals surface area contributed by atoms with Crippen molar-refractivity contribution in [2.75, 3.05) is 12.4 Å². The maximum atomic E-state index is 13.5. The maximum absolute atomic E-state index is 13.5. The van der Waals surface area contributed by atoms with Crippen LogP contribution in [-0.4, -0.2) is 17.6 Å². The van der Waals surface area contributed by atoms with E-state index in [2.05, 4.69) is 36.5 Å². The molecule has 0 bridgehead atoms. The van der Waals surface area contributed by atoms with E-state index in [1.807, 2.05) is 56.3 Å². The summed E-state index contributed by atoms with van der Waals surface area (Å²) in [6.45, 7) is 5.96. The largest absolute Gasteiger partial charge is 0.497 e. The van der Waals surface area contributed by atoms with Gasteiger partial charge in [-0.05, 0) is 74.4 Å². The summed E-state index contributed by atoms with van der Waals surface area (Å²) < 4.78 is 6.93. The summed E-state index contributed by atoms with van der Waals surface area (Å²) in [6, 6.07) is 21.8. The summed E-state index contributed by atoms with van der Waals surface area (Å²) in [4.78, 5) is 26.5. The number of hydrogen-bond donors (Lipinski definition) is 1. The lowest BCUT2D eigenvalue weighted by Crippen LogP contribution is -2.30. The van der Waals surface area contributed by atoms with Crippen LogP contribution >= 0.6 is 0 Å². The van der Waals surface area contributed by atoms with Crippen LogP contribution in [0.25, 0.3) is 10.9 Å². The van der Waals surface area contributed by atoms with Crippen LogP contribution in [0, 0.1) is 20.8 Å². The van der Waals surface area contributed by atoms with Crippen LogP contribution in [0.2, 0.25) is 0 Å². The van der Waals surface area contributed by atoms with Gasteiger partial charge in [0.05, 0.1) is 12.6 Å². The highest BCUT2D eigenvalue weighted by molar-refractivity contribution is 5.92. The van der Waals surface area contributed by atoms with Gasteiger partial charge < -0.3 is 10.1 Å². The van der Waals surface area contributed by atoms with Crippen molar-refractivity contribution in [3.63, 3.8) is 0 Å². The molecule has 5 nitrogen and oxygen atoms in total. The Balaban J connectivity index is 1.67. The van der Waals surface area contributed by atoms with Crippen molar-refractivity contribution in [2.45, 2.75) is 40.2 Å². The number of pyridine rings is 1. The van der Waals surface area contributed by atoms with Crippen molar-refractivity contribution >= 4 is 22.5 Å². The van der Waals surface area contributed by atoms with E-state index in [1.165, 1.54) is 11.1 Å². The van der Waals surface area contributed by atoms with E-state index in [-0.39, 0.29) is 18.0 Å². The highest BCUT2D eigenvalue weighted by atomic mass is 16.5. The molecule has 3 aromatic carbocycles. The molecule has 0 saturated carbocycles. The van der Waals surface area contributed by atoms with Gasteiger partial charge in [-0.15, -0.1) is 0 Å². The molecule has 0 saturated heterocycles. The number of ether oxygens (including phenoxy) is 1. The van der Waals surface area contributed by atoms with Gasteiger partial charge in [-0.2, -0.15) is 0 Å². The predicted octanol–water partition coefficient (Wildman–Crippen LogP) is 5.36. The number of methoxy groups -OCH3 is 1. The monoisotopic (exact) mass is 454 g/mol. The highest BCUT2D eigenvalue weighted by Gasteiger charge is 2.14. The Labute approximate surface area is 200 Å². The third kappa shape index (κ3) is 5.20. The van der Waals surface area contributed by atoms with Crippen LogP contribution in [-0.2, 0) is 24.2 Å². The van der Waals surface area contributed by atoms with Gasteiger partial charge in [0, 0.05) is 17.3 Å². The van der Waals surface area contributed by atoms with Gasteiger partial charge in [-0.1, -0.05) is 47.5 Å². The summed E-state index contributed by atoms with van der Waals surface area (Å²) in [6.07, 6.45) is 1.36. The van der Waals surface area contributed by atoms with Crippen LogP contribution < -0.4 is 15.6 Å². The molecule has 0 fully saturated rings. The minimum Gasteiger partial charge on any atom is -0.497 e. The van der Waals surface area contributed by atoms with Gasteiger partial charge in [0.2, 0.25) is 5.91 Å². The zero-order valence-corrected chi connectivity index (χ0v) is 20.1. The number of benzene rings is 3. The Morgan fingerprint density at radius 2 is 1.62 bits per heavy atom. The number of rotatable bonds is 7. The Morgan fingerprint density at radius 3 is 2.32 bits per heavy atom. The first kappa shape index (κ1) is 23.3. The standard InChI is InChI=1S/C29H30N2O3/c1-19-5-8-22(9-6-19)10-11-24-16-23-12-13-25(34-4)17-27(23)31(29(24)33)18-28(32)30-26-14-7-20(2)15-21(26)3/h5-9,12-17H,10-11,18H2,1-4H3,(H,30,32). The molecular weight excluding hydrogens is 424 g/mol. The Morgan fingerprint density at radius 1 is 0.882 bits per heavy atom. The summed E-state index contributed by atoms with van der Waals surface area (Å²) in [7, 11) is 1.59. The van der Waals surface area contributed by atoms with E-state index in [0.29, 0.717) is 23.3 Å². The number of aromatic nitrogens is 1. The second kappa shape index (κ2) is 9.96. The molecule has 34 heavy (non-hydrogen) atoms. The lowest BCUT2D eigenvalue weighted by Gasteiger charge is -2.15. The molecule has 0 aliphatic carbocycles. The number of carbonyl (C=O) groups is 1. The van der Waals surface area contributed by atoms with Gasteiger partial charge in [0.25, 0.3) is 5.56 Å².